The molecule has 0 spiro atoms. The second-order valence-corrected chi connectivity index (χ2v) is 4.98. The average Bonchev–Trinajstić information content (AvgIpc) is 2.78. The maximum atomic E-state index is 13.3. The predicted octanol–water partition coefficient (Wildman–Crippen LogP) is 1.43. The summed E-state index contributed by atoms with van der Waals surface area (Å²) < 4.78 is 15.4. The lowest BCUT2D eigenvalue weighted by atomic mass is 10.2. The summed E-state index contributed by atoms with van der Waals surface area (Å²) in [4.78, 5) is 11.1. The Labute approximate surface area is 122 Å². The number of nitrogens with zero attached hydrogens (tertiary/aromatic N) is 3. The largest absolute Gasteiger partial charge is 0.476 e. The summed E-state index contributed by atoms with van der Waals surface area (Å²) in [6.07, 6.45) is 0.335. The average molecular weight is 343 g/mol. The molecule has 0 atom stereocenters. The molecule has 0 saturated heterocycles. The van der Waals surface area contributed by atoms with E-state index in [4.69, 9.17) is 10.8 Å². The van der Waals surface area contributed by atoms with Gasteiger partial charge in [-0.2, -0.15) is 0 Å². The number of aromatic nitrogens is 3. The number of hydrogen-bond acceptors (Lipinski definition) is 4. The number of carboxylic acids is 1. The van der Waals surface area contributed by atoms with E-state index in [0.717, 1.165) is 0 Å². The Balaban J connectivity index is 2.38. The Morgan fingerprint density at radius 1 is 1.50 bits per heavy atom. The minimum absolute atomic E-state index is 0.122. The second-order valence-electron chi connectivity index (χ2n) is 4.12. The van der Waals surface area contributed by atoms with Gasteiger partial charge in [-0.1, -0.05) is 21.1 Å². The van der Waals surface area contributed by atoms with Crippen LogP contribution in [0.1, 0.15) is 21.7 Å². The third-order valence-electron chi connectivity index (χ3n) is 2.75. The van der Waals surface area contributed by atoms with Gasteiger partial charge in [0.25, 0.3) is 0 Å². The maximum Gasteiger partial charge on any atom is 0.358 e. The second kappa shape index (κ2) is 6.10. The fraction of sp³-hybridized carbons (Fsp3) is 0.250. The molecule has 0 unspecified atom stereocenters. The van der Waals surface area contributed by atoms with Crippen LogP contribution in [0.25, 0.3) is 0 Å². The molecule has 0 aliphatic carbocycles. The van der Waals surface area contributed by atoms with Crippen molar-refractivity contribution in [2.24, 2.45) is 5.73 Å². The van der Waals surface area contributed by atoms with E-state index in [2.05, 4.69) is 26.2 Å². The van der Waals surface area contributed by atoms with Crippen LogP contribution in [0.4, 0.5) is 4.39 Å². The highest BCUT2D eigenvalue weighted by molar-refractivity contribution is 9.10. The molecular weight excluding hydrogens is 331 g/mol. The molecule has 8 heteroatoms. The molecule has 0 aliphatic rings. The van der Waals surface area contributed by atoms with Crippen molar-refractivity contribution in [1.82, 2.24) is 15.0 Å². The third kappa shape index (κ3) is 3.02. The van der Waals surface area contributed by atoms with Gasteiger partial charge in [-0.25, -0.2) is 13.9 Å². The van der Waals surface area contributed by atoms with Crippen molar-refractivity contribution in [3.8, 4) is 0 Å². The lowest BCUT2D eigenvalue weighted by molar-refractivity contribution is 0.0689. The van der Waals surface area contributed by atoms with Crippen molar-refractivity contribution < 1.29 is 14.3 Å². The number of hydrogen-bond donors (Lipinski definition) is 2. The zero-order valence-corrected chi connectivity index (χ0v) is 12.0. The monoisotopic (exact) mass is 342 g/mol. The van der Waals surface area contributed by atoms with Crippen LogP contribution < -0.4 is 5.73 Å². The van der Waals surface area contributed by atoms with Crippen LogP contribution in [0.15, 0.2) is 22.7 Å². The fourth-order valence-electron chi connectivity index (χ4n) is 1.84. The Kier molecular flexibility index (Phi) is 4.46. The van der Waals surface area contributed by atoms with Gasteiger partial charge in [0.2, 0.25) is 0 Å². The van der Waals surface area contributed by atoms with Crippen LogP contribution in [-0.4, -0.2) is 32.6 Å². The standard InChI is InChI=1S/C12H12BrFN4O2/c13-9-2-1-8(14)5-7(9)6-18-10(3-4-15)11(12(19)20)16-17-18/h1-2,5H,3-4,6,15H2,(H,19,20). The predicted molar refractivity (Wildman–Crippen MR) is 72.9 cm³/mol. The van der Waals surface area contributed by atoms with Gasteiger partial charge in [0.05, 0.1) is 12.2 Å². The number of aromatic carboxylic acids is 1. The first kappa shape index (κ1) is 14.6. The number of benzene rings is 1. The Bertz CT molecular complexity index is 644. The van der Waals surface area contributed by atoms with Crippen molar-refractivity contribution in [3.05, 3.63) is 45.4 Å². The van der Waals surface area contributed by atoms with Gasteiger partial charge in [0.15, 0.2) is 5.69 Å². The molecule has 0 bridgehead atoms. The number of carboxylic acid groups (broad SMARTS) is 1. The van der Waals surface area contributed by atoms with Crippen LogP contribution in [0.3, 0.4) is 0 Å². The van der Waals surface area contributed by atoms with E-state index in [1.807, 2.05) is 0 Å². The first-order valence-electron chi connectivity index (χ1n) is 5.82. The van der Waals surface area contributed by atoms with E-state index >= 15 is 0 Å². The Morgan fingerprint density at radius 2 is 2.25 bits per heavy atom. The van der Waals surface area contributed by atoms with Gasteiger partial charge in [-0.15, -0.1) is 5.10 Å². The lowest BCUT2D eigenvalue weighted by Crippen LogP contribution is -2.14. The minimum Gasteiger partial charge on any atom is -0.476 e. The van der Waals surface area contributed by atoms with Gasteiger partial charge in [-0.05, 0) is 30.3 Å². The number of rotatable bonds is 5. The lowest BCUT2D eigenvalue weighted by Gasteiger charge is -2.08. The normalized spacial score (nSPS) is 10.8. The smallest absolute Gasteiger partial charge is 0.358 e. The quantitative estimate of drug-likeness (QED) is 0.857. The zero-order valence-electron chi connectivity index (χ0n) is 10.4. The van der Waals surface area contributed by atoms with Crippen LogP contribution in [0.2, 0.25) is 0 Å². The molecule has 0 aliphatic heterocycles. The molecule has 20 heavy (non-hydrogen) atoms. The first-order chi connectivity index (χ1) is 9.52. The molecule has 106 valence electrons. The molecule has 0 fully saturated rings. The molecule has 6 nitrogen and oxygen atoms in total. The van der Waals surface area contributed by atoms with Crippen LogP contribution in [0.5, 0.6) is 0 Å². The molecule has 0 amide bonds. The highest BCUT2D eigenvalue weighted by Gasteiger charge is 2.18. The highest BCUT2D eigenvalue weighted by Crippen LogP contribution is 2.20. The minimum atomic E-state index is -1.15. The van der Waals surface area contributed by atoms with E-state index < -0.39 is 5.97 Å². The van der Waals surface area contributed by atoms with Gasteiger partial charge in [0, 0.05) is 10.9 Å². The maximum absolute atomic E-state index is 13.3. The summed E-state index contributed by atoms with van der Waals surface area (Å²) in [7, 11) is 0. The summed E-state index contributed by atoms with van der Waals surface area (Å²) in [6, 6.07) is 4.28. The van der Waals surface area contributed by atoms with Crippen molar-refractivity contribution in [1.29, 1.82) is 0 Å². The molecule has 3 N–H and O–H groups in total. The van der Waals surface area contributed by atoms with Crippen molar-refractivity contribution >= 4 is 21.9 Å². The summed E-state index contributed by atoms with van der Waals surface area (Å²) in [5.41, 5.74) is 6.42. The van der Waals surface area contributed by atoms with E-state index in [1.54, 1.807) is 6.07 Å². The van der Waals surface area contributed by atoms with Crippen molar-refractivity contribution in [2.75, 3.05) is 6.54 Å². The molecule has 2 aromatic rings. The van der Waals surface area contributed by atoms with Crippen LogP contribution in [-0.2, 0) is 13.0 Å². The number of nitrogens with two attached hydrogens (primary N) is 1. The molecule has 1 heterocycles. The van der Waals surface area contributed by atoms with Crippen molar-refractivity contribution in [3.63, 3.8) is 0 Å². The van der Waals surface area contributed by atoms with Crippen LogP contribution >= 0.6 is 15.9 Å². The summed E-state index contributed by atoms with van der Waals surface area (Å²) in [6.45, 7) is 0.492. The number of carbonyl (C=O) groups is 1. The summed E-state index contributed by atoms with van der Waals surface area (Å²) >= 11 is 3.32. The van der Waals surface area contributed by atoms with Crippen molar-refractivity contribution in [2.45, 2.75) is 13.0 Å². The first-order valence-corrected chi connectivity index (χ1v) is 6.62. The van der Waals surface area contributed by atoms with Gasteiger partial charge >= 0.3 is 5.97 Å². The molecular formula is C12H12BrFN4O2. The van der Waals surface area contributed by atoms with E-state index in [0.29, 0.717) is 22.2 Å². The third-order valence-corrected chi connectivity index (χ3v) is 3.52. The number of halogens is 2. The van der Waals surface area contributed by atoms with Gasteiger partial charge in [-0.3, -0.25) is 0 Å². The van der Waals surface area contributed by atoms with Crippen LogP contribution in [0, 0.1) is 5.82 Å². The molecule has 0 saturated carbocycles. The molecule has 1 aromatic carbocycles. The molecule has 1 aromatic heterocycles. The summed E-state index contributed by atoms with van der Waals surface area (Å²) in [5.74, 6) is -1.53. The van der Waals surface area contributed by atoms with E-state index in [9.17, 15) is 9.18 Å². The topological polar surface area (TPSA) is 94.0 Å². The zero-order chi connectivity index (χ0) is 14.7. The fourth-order valence-corrected chi connectivity index (χ4v) is 2.21. The highest BCUT2D eigenvalue weighted by atomic mass is 79.9. The summed E-state index contributed by atoms with van der Waals surface area (Å²) in [5, 5.41) is 16.5. The van der Waals surface area contributed by atoms with Gasteiger partial charge in [0.1, 0.15) is 5.82 Å². The van der Waals surface area contributed by atoms with E-state index in [-0.39, 0.29) is 24.6 Å². The Hall–Kier alpha value is -1.80. The Morgan fingerprint density at radius 3 is 2.90 bits per heavy atom. The molecule has 0 radical (unpaired) electrons. The van der Waals surface area contributed by atoms with E-state index in [1.165, 1.54) is 16.8 Å². The SMILES string of the molecule is NCCc1c(C(=O)O)nnn1Cc1cc(F)ccc1Br. The van der Waals surface area contributed by atoms with Gasteiger partial charge < -0.3 is 10.8 Å². The molecule has 2 rings (SSSR count).